The van der Waals surface area contributed by atoms with E-state index in [1.54, 1.807) is 0 Å². The summed E-state index contributed by atoms with van der Waals surface area (Å²) in [5, 5.41) is 11.9. The zero-order chi connectivity index (χ0) is 11.0. The first-order valence-corrected chi connectivity index (χ1v) is 5.56. The second kappa shape index (κ2) is 3.72. The highest BCUT2D eigenvalue weighted by Gasteiger charge is 2.15. The molecule has 1 aliphatic carbocycles. The number of fused-ring (bicyclic) bond motifs is 1. The summed E-state index contributed by atoms with van der Waals surface area (Å²) in [6.45, 7) is 0. The summed E-state index contributed by atoms with van der Waals surface area (Å²) < 4.78 is 0. The topological polar surface area (TPSA) is 33.1 Å². The number of nitrogens with zero attached hydrogens (tertiary/aromatic N) is 1. The second-order valence-electron chi connectivity index (χ2n) is 4.20. The van der Waals surface area contributed by atoms with Crippen LogP contribution in [0.15, 0.2) is 42.7 Å². The van der Waals surface area contributed by atoms with Gasteiger partial charge in [0.15, 0.2) is 0 Å². The highest BCUT2D eigenvalue weighted by atomic mass is 16.3. The Morgan fingerprint density at radius 3 is 3.00 bits per heavy atom. The SMILES string of the molecule is OC1C=C(c2cccc3ccncc23)CC1. The first-order chi connectivity index (χ1) is 7.84. The summed E-state index contributed by atoms with van der Waals surface area (Å²) in [5.41, 5.74) is 2.45. The zero-order valence-electron chi connectivity index (χ0n) is 8.93. The van der Waals surface area contributed by atoms with E-state index in [0.717, 1.165) is 12.8 Å². The van der Waals surface area contributed by atoms with Crippen molar-refractivity contribution in [2.75, 3.05) is 0 Å². The van der Waals surface area contributed by atoms with Gasteiger partial charge in [-0.05, 0) is 35.4 Å². The van der Waals surface area contributed by atoms with Gasteiger partial charge in [0.2, 0.25) is 0 Å². The van der Waals surface area contributed by atoms with Gasteiger partial charge in [-0.3, -0.25) is 4.98 Å². The minimum absolute atomic E-state index is 0.276. The monoisotopic (exact) mass is 211 g/mol. The Balaban J connectivity index is 2.20. The Morgan fingerprint density at radius 2 is 2.19 bits per heavy atom. The Kier molecular flexibility index (Phi) is 2.22. The molecular weight excluding hydrogens is 198 g/mol. The van der Waals surface area contributed by atoms with Crippen LogP contribution in [0.4, 0.5) is 0 Å². The van der Waals surface area contributed by atoms with E-state index < -0.39 is 0 Å². The Labute approximate surface area is 94.3 Å². The van der Waals surface area contributed by atoms with Gasteiger partial charge in [0, 0.05) is 17.8 Å². The predicted molar refractivity (Wildman–Crippen MR) is 65.0 cm³/mol. The van der Waals surface area contributed by atoms with Gasteiger partial charge >= 0.3 is 0 Å². The van der Waals surface area contributed by atoms with Crippen LogP contribution in [0.5, 0.6) is 0 Å². The van der Waals surface area contributed by atoms with Crippen molar-refractivity contribution in [3.05, 3.63) is 48.3 Å². The summed E-state index contributed by atoms with van der Waals surface area (Å²) in [6.07, 6.45) is 7.19. The molecule has 0 saturated carbocycles. The summed E-state index contributed by atoms with van der Waals surface area (Å²) in [4.78, 5) is 4.17. The van der Waals surface area contributed by atoms with E-state index in [0.29, 0.717) is 0 Å². The molecule has 16 heavy (non-hydrogen) atoms. The maximum absolute atomic E-state index is 9.54. The molecule has 1 heterocycles. The van der Waals surface area contributed by atoms with Crippen molar-refractivity contribution in [2.24, 2.45) is 0 Å². The lowest BCUT2D eigenvalue weighted by atomic mass is 9.99. The molecule has 1 N–H and O–H groups in total. The fourth-order valence-corrected chi connectivity index (χ4v) is 2.32. The van der Waals surface area contributed by atoms with E-state index >= 15 is 0 Å². The number of aliphatic hydroxyl groups is 1. The zero-order valence-corrected chi connectivity index (χ0v) is 8.93. The summed E-state index contributed by atoms with van der Waals surface area (Å²) >= 11 is 0. The minimum atomic E-state index is -0.276. The van der Waals surface area contributed by atoms with Crippen molar-refractivity contribution in [2.45, 2.75) is 18.9 Å². The normalized spacial score (nSPS) is 20.1. The largest absolute Gasteiger partial charge is 0.389 e. The lowest BCUT2D eigenvalue weighted by molar-refractivity contribution is 0.223. The standard InChI is InChI=1S/C14H13NO/c16-12-5-4-11(8-12)13-3-1-2-10-6-7-15-9-14(10)13/h1-3,6-9,12,16H,4-5H2. The minimum Gasteiger partial charge on any atom is -0.389 e. The van der Waals surface area contributed by atoms with E-state index in [9.17, 15) is 5.11 Å². The van der Waals surface area contributed by atoms with Crippen LogP contribution < -0.4 is 0 Å². The lowest BCUT2D eigenvalue weighted by Gasteiger charge is -2.06. The van der Waals surface area contributed by atoms with Gasteiger partial charge in [-0.2, -0.15) is 0 Å². The molecule has 1 unspecified atom stereocenters. The van der Waals surface area contributed by atoms with Crippen LogP contribution in [0.3, 0.4) is 0 Å². The molecule has 0 bridgehead atoms. The number of pyridine rings is 1. The first-order valence-electron chi connectivity index (χ1n) is 5.56. The maximum Gasteiger partial charge on any atom is 0.0730 e. The van der Waals surface area contributed by atoms with Crippen LogP contribution in [-0.4, -0.2) is 16.2 Å². The molecule has 2 aromatic rings. The van der Waals surface area contributed by atoms with Gasteiger partial charge in [0.25, 0.3) is 0 Å². The molecule has 1 aromatic heterocycles. The fourth-order valence-electron chi connectivity index (χ4n) is 2.32. The van der Waals surface area contributed by atoms with Crippen LogP contribution >= 0.6 is 0 Å². The average molecular weight is 211 g/mol. The number of allylic oxidation sites excluding steroid dienone is 1. The molecule has 0 fully saturated rings. The van der Waals surface area contributed by atoms with Crippen LogP contribution in [-0.2, 0) is 0 Å². The quantitative estimate of drug-likeness (QED) is 0.786. The molecule has 0 amide bonds. The van der Waals surface area contributed by atoms with Crippen molar-refractivity contribution >= 4 is 16.3 Å². The average Bonchev–Trinajstić information content (AvgIpc) is 2.75. The van der Waals surface area contributed by atoms with Crippen molar-refractivity contribution in [1.29, 1.82) is 0 Å². The Hall–Kier alpha value is -1.67. The molecular formula is C14H13NO. The molecule has 1 aromatic carbocycles. The molecule has 0 aliphatic heterocycles. The van der Waals surface area contributed by atoms with Gasteiger partial charge in [0.1, 0.15) is 0 Å². The van der Waals surface area contributed by atoms with Crippen molar-refractivity contribution in [3.63, 3.8) is 0 Å². The van der Waals surface area contributed by atoms with Gasteiger partial charge in [-0.1, -0.05) is 24.3 Å². The highest BCUT2D eigenvalue weighted by molar-refractivity contribution is 5.93. The fraction of sp³-hybridized carbons (Fsp3) is 0.214. The summed E-state index contributed by atoms with van der Waals surface area (Å²) in [6, 6.07) is 8.27. The third-order valence-electron chi connectivity index (χ3n) is 3.13. The number of benzene rings is 1. The number of rotatable bonds is 1. The summed E-state index contributed by atoms with van der Waals surface area (Å²) in [7, 11) is 0. The van der Waals surface area contributed by atoms with Gasteiger partial charge in [0.05, 0.1) is 6.10 Å². The number of hydrogen-bond acceptors (Lipinski definition) is 2. The second-order valence-corrected chi connectivity index (χ2v) is 4.20. The Morgan fingerprint density at radius 1 is 1.25 bits per heavy atom. The third-order valence-corrected chi connectivity index (χ3v) is 3.13. The summed E-state index contributed by atoms with van der Waals surface area (Å²) in [5.74, 6) is 0. The van der Waals surface area contributed by atoms with Crippen molar-refractivity contribution in [3.8, 4) is 0 Å². The van der Waals surface area contributed by atoms with Crippen LogP contribution in [0.1, 0.15) is 18.4 Å². The molecule has 3 rings (SSSR count). The van der Waals surface area contributed by atoms with Crippen LogP contribution in [0, 0.1) is 0 Å². The predicted octanol–water partition coefficient (Wildman–Crippen LogP) is 2.77. The number of aromatic nitrogens is 1. The molecule has 2 heteroatoms. The molecule has 80 valence electrons. The van der Waals surface area contributed by atoms with E-state index in [4.69, 9.17) is 0 Å². The molecule has 1 atom stereocenters. The lowest BCUT2D eigenvalue weighted by Crippen LogP contribution is -1.93. The van der Waals surface area contributed by atoms with Crippen molar-refractivity contribution in [1.82, 2.24) is 4.98 Å². The van der Waals surface area contributed by atoms with E-state index in [1.807, 2.05) is 24.5 Å². The van der Waals surface area contributed by atoms with Gasteiger partial charge < -0.3 is 5.11 Å². The highest BCUT2D eigenvalue weighted by Crippen LogP contribution is 2.32. The van der Waals surface area contributed by atoms with Crippen LogP contribution in [0.25, 0.3) is 16.3 Å². The molecule has 2 nitrogen and oxygen atoms in total. The molecule has 1 aliphatic rings. The molecule has 0 radical (unpaired) electrons. The van der Waals surface area contributed by atoms with E-state index in [1.165, 1.54) is 21.9 Å². The van der Waals surface area contributed by atoms with E-state index in [2.05, 4.69) is 23.2 Å². The first kappa shape index (κ1) is 9.55. The van der Waals surface area contributed by atoms with E-state index in [-0.39, 0.29) is 6.10 Å². The van der Waals surface area contributed by atoms with Gasteiger partial charge in [-0.15, -0.1) is 0 Å². The molecule has 0 saturated heterocycles. The Bertz CT molecular complexity index is 554. The smallest absolute Gasteiger partial charge is 0.0730 e. The molecule has 0 spiro atoms. The van der Waals surface area contributed by atoms with Gasteiger partial charge in [-0.25, -0.2) is 0 Å². The van der Waals surface area contributed by atoms with Crippen molar-refractivity contribution < 1.29 is 5.11 Å². The number of hydrogen-bond donors (Lipinski definition) is 1. The third kappa shape index (κ3) is 1.51. The maximum atomic E-state index is 9.54. The number of aliphatic hydroxyl groups excluding tert-OH is 1. The van der Waals surface area contributed by atoms with Crippen LogP contribution in [0.2, 0.25) is 0 Å².